The zero-order valence-electron chi connectivity index (χ0n) is 10.1. The first-order valence-electron chi connectivity index (χ1n) is 5.77. The number of nitrogens with zero attached hydrogens (tertiary/aromatic N) is 1. The Hall–Kier alpha value is -1.02. The van der Waals surface area contributed by atoms with Crippen molar-refractivity contribution in [2.75, 3.05) is 24.5 Å². The summed E-state index contributed by atoms with van der Waals surface area (Å²) in [7, 11) is 0. The van der Waals surface area contributed by atoms with Gasteiger partial charge in [-0.05, 0) is 45.4 Å². The Bertz CT molecular complexity index is 303. The highest BCUT2D eigenvalue weighted by atomic mass is 15.1. The maximum absolute atomic E-state index is 5.64. The molecule has 0 bridgehead atoms. The van der Waals surface area contributed by atoms with Crippen molar-refractivity contribution in [3.8, 4) is 0 Å². The van der Waals surface area contributed by atoms with Gasteiger partial charge < -0.3 is 10.6 Å². The average molecular weight is 206 g/mol. The van der Waals surface area contributed by atoms with Crippen molar-refractivity contribution >= 4 is 5.69 Å². The van der Waals surface area contributed by atoms with Crippen LogP contribution in [0, 0.1) is 6.92 Å². The number of benzene rings is 1. The molecule has 0 spiro atoms. The molecule has 0 radical (unpaired) electrons. The molecule has 0 atom stereocenters. The Balaban J connectivity index is 3.03. The highest BCUT2D eigenvalue weighted by Crippen LogP contribution is 2.22. The molecule has 2 N–H and O–H groups in total. The van der Waals surface area contributed by atoms with Gasteiger partial charge in [0.25, 0.3) is 0 Å². The lowest BCUT2D eigenvalue weighted by Gasteiger charge is -2.24. The Morgan fingerprint density at radius 2 is 1.87 bits per heavy atom. The van der Waals surface area contributed by atoms with Crippen LogP contribution >= 0.6 is 0 Å². The standard InChI is InChI=1S/C13H22N2/c1-4-15(5-2)13-7-6-11(3)10-12(13)8-9-14/h6-7,10H,4-5,8-9,14H2,1-3H3. The van der Waals surface area contributed by atoms with E-state index in [0.29, 0.717) is 0 Å². The van der Waals surface area contributed by atoms with E-state index in [1.807, 2.05) is 0 Å². The predicted molar refractivity (Wildman–Crippen MR) is 67.5 cm³/mol. The van der Waals surface area contributed by atoms with Crippen LogP contribution in [-0.2, 0) is 6.42 Å². The summed E-state index contributed by atoms with van der Waals surface area (Å²) >= 11 is 0. The van der Waals surface area contributed by atoms with E-state index in [-0.39, 0.29) is 0 Å². The van der Waals surface area contributed by atoms with Gasteiger partial charge in [-0.15, -0.1) is 0 Å². The van der Waals surface area contributed by atoms with Gasteiger partial charge in [0.05, 0.1) is 0 Å². The Morgan fingerprint density at radius 1 is 1.20 bits per heavy atom. The quantitative estimate of drug-likeness (QED) is 0.801. The number of hydrogen-bond acceptors (Lipinski definition) is 2. The summed E-state index contributed by atoms with van der Waals surface area (Å²) in [4.78, 5) is 2.38. The van der Waals surface area contributed by atoms with E-state index >= 15 is 0 Å². The molecule has 0 heterocycles. The second-order valence-corrected chi connectivity index (χ2v) is 3.84. The predicted octanol–water partition coefficient (Wildman–Crippen LogP) is 2.34. The molecule has 0 unspecified atom stereocenters. The summed E-state index contributed by atoms with van der Waals surface area (Å²) in [6.07, 6.45) is 0.966. The molecule has 2 nitrogen and oxygen atoms in total. The van der Waals surface area contributed by atoms with E-state index in [4.69, 9.17) is 5.73 Å². The minimum atomic E-state index is 0.720. The largest absolute Gasteiger partial charge is 0.372 e. The molecular weight excluding hydrogens is 184 g/mol. The van der Waals surface area contributed by atoms with Gasteiger partial charge in [-0.3, -0.25) is 0 Å². The van der Waals surface area contributed by atoms with Crippen molar-refractivity contribution in [1.82, 2.24) is 0 Å². The van der Waals surface area contributed by atoms with E-state index < -0.39 is 0 Å². The van der Waals surface area contributed by atoms with Crippen molar-refractivity contribution in [1.29, 1.82) is 0 Å². The minimum Gasteiger partial charge on any atom is -0.372 e. The highest BCUT2D eigenvalue weighted by molar-refractivity contribution is 5.55. The SMILES string of the molecule is CCN(CC)c1ccc(C)cc1CCN. The molecular formula is C13H22N2. The number of hydrogen-bond donors (Lipinski definition) is 1. The molecule has 0 fully saturated rings. The first-order valence-corrected chi connectivity index (χ1v) is 5.77. The van der Waals surface area contributed by atoms with Crippen LogP contribution in [0.2, 0.25) is 0 Å². The fourth-order valence-corrected chi connectivity index (χ4v) is 1.94. The molecule has 0 aliphatic heterocycles. The molecule has 1 aromatic carbocycles. The summed E-state index contributed by atoms with van der Waals surface area (Å²) in [6, 6.07) is 6.64. The topological polar surface area (TPSA) is 29.3 Å². The van der Waals surface area contributed by atoms with Gasteiger partial charge in [-0.2, -0.15) is 0 Å². The van der Waals surface area contributed by atoms with Crippen LogP contribution < -0.4 is 10.6 Å². The third-order valence-corrected chi connectivity index (χ3v) is 2.75. The second-order valence-electron chi connectivity index (χ2n) is 3.84. The Labute approximate surface area is 93.1 Å². The van der Waals surface area contributed by atoms with Crippen LogP contribution in [0.15, 0.2) is 18.2 Å². The zero-order chi connectivity index (χ0) is 11.3. The molecule has 0 aromatic heterocycles. The van der Waals surface area contributed by atoms with Gasteiger partial charge in [0, 0.05) is 18.8 Å². The summed E-state index contributed by atoms with van der Waals surface area (Å²) < 4.78 is 0. The summed E-state index contributed by atoms with van der Waals surface area (Å²) in [5.41, 5.74) is 9.68. The number of nitrogens with two attached hydrogens (primary N) is 1. The molecule has 1 rings (SSSR count). The average Bonchev–Trinajstić information content (AvgIpc) is 2.23. The lowest BCUT2D eigenvalue weighted by atomic mass is 10.1. The smallest absolute Gasteiger partial charge is 0.0399 e. The van der Waals surface area contributed by atoms with E-state index in [1.54, 1.807) is 0 Å². The maximum atomic E-state index is 5.64. The summed E-state index contributed by atoms with van der Waals surface area (Å²) in [5.74, 6) is 0. The van der Waals surface area contributed by atoms with Crippen LogP contribution in [0.25, 0.3) is 0 Å². The number of anilines is 1. The zero-order valence-corrected chi connectivity index (χ0v) is 10.1. The van der Waals surface area contributed by atoms with Crippen LogP contribution in [0.1, 0.15) is 25.0 Å². The molecule has 2 heteroatoms. The van der Waals surface area contributed by atoms with Crippen LogP contribution in [-0.4, -0.2) is 19.6 Å². The molecule has 15 heavy (non-hydrogen) atoms. The molecule has 0 aliphatic rings. The lowest BCUT2D eigenvalue weighted by Crippen LogP contribution is -2.23. The van der Waals surface area contributed by atoms with Crippen molar-refractivity contribution < 1.29 is 0 Å². The normalized spacial score (nSPS) is 10.4. The van der Waals surface area contributed by atoms with Crippen LogP contribution in [0.5, 0.6) is 0 Å². The molecule has 0 aliphatic carbocycles. The maximum Gasteiger partial charge on any atom is 0.0399 e. The van der Waals surface area contributed by atoms with Crippen molar-refractivity contribution in [3.05, 3.63) is 29.3 Å². The van der Waals surface area contributed by atoms with Crippen LogP contribution in [0.4, 0.5) is 5.69 Å². The van der Waals surface area contributed by atoms with E-state index in [1.165, 1.54) is 16.8 Å². The number of rotatable bonds is 5. The van der Waals surface area contributed by atoms with Crippen molar-refractivity contribution in [2.45, 2.75) is 27.2 Å². The van der Waals surface area contributed by atoms with Gasteiger partial charge in [0.1, 0.15) is 0 Å². The van der Waals surface area contributed by atoms with E-state index in [2.05, 4.69) is 43.9 Å². The lowest BCUT2D eigenvalue weighted by molar-refractivity contribution is 0.848. The van der Waals surface area contributed by atoms with Crippen molar-refractivity contribution in [3.63, 3.8) is 0 Å². The van der Waals surface area contributed by atoms with Gasteiger partial charge >= 0.3 is 0 Å². The first-order chi connectivity index (χ1) is 7.22. The van der Waals surface area contributed by atoms with Gasteiger partial charge in [-0.1, -0.05) is 17.7 Å². The summed E-state index contributed by atoms with van der Waals surface area (Å²) in [6.45, 7) is 9.34. The van der Waals surface area contributed by atoms with Gasteiger partial charge in [0.2, 0.25) is 0 Å². The fraction of sp³-hybridized carbons (Fsp3) is 0.538. The van der Waals surface area contributed by atoms with Crippen molar-refractivity contribution in [2.24, 2.45) is 5.73 Å². The monoisotopic (exact) mass is 206 g/mol. The van der Waals surface area contributed by atoms with E-state index in [9.17, 15) is 0 Å². The third-order valence-electron chi connectivity index (χ3n) is 2.75. The highest BCUT2D eigenvalue weighted by Gasteiger charge is 2.07. The Morgan fingerprint density at radius 3 is 2.40 bits per heavy atom. The summed E-state index contributed by atoms with van der Waals surface area (Å²) in [5, 5.41) is 0. The number of aryl methyl sites for hydroxylation is 1. The molecule has 0 saturated carbocycles. The molecule has 0 saturated heterocycles. The molecule has 1 aromatic rings. The van der Waals surface area contributed by atoms with E-state index in [0.717, 1.165) is 26.1 Å². The fourth-order valence-electron chi connectivity index (χ4n) is 1.94. The second kappa shape index (κ2) is 5.76. The molecule has 84 valence electrons. The van der Waals surface area contributed by atoms with Crippen LogP contribution in [0.3, 0.4) is 0 Å². The van der Waals surface area contributed by atoms with Gasteiger partial charge in [0.15, 0.2) is 0 Å². The Kier molecular flexibility index (Phi) is 4.63. The molecule has 0 amide bonds. The van der Waals surface area contributed by atoms with Gasteiger partial charge in [-0.25, -0.2) is 0 Å². The third kappa shape index (κ3) is 2.96. The minimum absolute atomic E-state index is 0.720. The first kappa shape index (κ1) is 12.1.